The third-order valence-corrected chi connectivity index (χ3v) is 7.30. The number of benzene rings is 2. The molecule has 0 bridgehead atoms. The largest absolute Gasteiger partial charge is 0.444 e. The molecule has 1 N–H and O–H groups in total. The Hall–Kier alpha value is -4.76. The Morgan fingerprint density at radius 3 is 2.41 bits per heavy atom. The zero-order valence-corrected chi connectivity index (χ0v) is 23.9. The lowest BCUT2D eigenvalue weighted by atomic mass is 10.1. The Balaban J connectivity index is 1.25. The van der Waals surface area contributed by atoms with Crippen molar-refractivity contribution in [2.24, 2.45) is 0 Å². The van der Waals surface area contributed by atoms with Crippen molar-refractivity contribution in [1.29, 1.82) is 0 Å². The highest BCUT2D eigenvalue weighted by Crippen LogP contribution is 2.30. The Labute approximate surface area is 242 Å². The fourth-order valence-electron chi connectivity index (χ4n) is 4.63. The molecule has 1 amide bonds. The lowest BCUT2D eigenvalue weighted by molar-refractivity contribution is 0.0528. The summed E-state index contributed by atoms with van der Waals surface area (Å²) in [6.07, 6.45) is 7.98. The lowest BCUT2D eigenvalue weighted by Crippen LogP contribution is -2.33. The molecule has 8 nitrogen and oxygen atoms in total. The standard InChI is InChI=1S/C32H30N6O2S/c1-32(2,3)40-31(39)35-17-14-22-6-10-26(11-7-22)38-21-27(30-34-18-20-41-30)36-29(38)24-8-12-25(13-9-24)37-19-15-23-5-4-16-33-28(23)37/h4-13,15-16,18-21H,14,17H2,1-3H3,(H,35,39). The van der Waals surface area contributed by atoms with E-state index in [0.29, 0.717) is 13.0 Å². The van der Waals surface area contributed by atoms with Crippen LogP contribution in [0.1, 0.15) is 26.3 Å². The Morgan fingerprint density at radius 2 is 1.68 bits per heavy atom. The summed E-state index contributed by atoms with van der Waals surface area (Å²) in [4.78, 5) is 26.0. The molecule has 0 fully saturated rings. The number of alkyl carbamates (subject to hydrolysis) is 1. The van der Waals surface area contributed by atoms with E-state index in [1.54, 1.807) is 17.5 Å². The molecule has 206 valence electrons. The van der Waals surface area contributed by atoms with Crippen LogP contribution in [0.4, 0.5) is 4.79 Å². The minimum absolute atomic E-state index is 0.404. The van der Waals surface area contributed by atoms with Gasteiger partial charge in [0.25, 0.3) is 0 Å². The lowest BCUT2D eigenvalue weighted by Gasteiger charge is -2.19. The van der Waals surface area contributed by atoms with Crippen LogP contribution in [-0.2, 0) is 11.2 Å². The molecule has 0 aliphatic rings. The van der Waals surface area contributed by atoms with Gasteiger partial charge in [-0.05, 0) is 87.4 Å². The number of rotatable bonds is 7. The number of hydrogen-bond donors (Lipinski definition) is 1. The third-order valence-electron chi connectivity index (χ3n) is 6.51. The minimum Gasteiger partial charge on any atom is -0.444 e. The van der Waals surface area contributed by atoms with E-state index in [1.165, 1.54) is 0 Å². The monoisotopic (exact) mass is 562 g/mol. The quantitative estimate of drug-likeness (QED) is 0.225. The van der Waals surface area contributed by atoms with Gasteiger partial charge in [0.1, 0.15) is 27.8 Å². The van der Waals surface area contributed by atoms with E-state index in [1.807, 2.05) is 50.8 Å². The summed E-state index contributed by atoms with van der Waals surface area (Å²) < 4.78 is 9.50. The molecule has 0 saturated heterocycles. The Kier molecular flexibility index (Phi) is 7.11. The summed E-state index contributed by atoms with van der Waals surface area (Å²) in [5.41, 5.74) is 5.36. The summed E-state index contributed by atoms with van der Waals surface area (Å²) in [6.45, 7) is 6.06. The van der Waals surface area contributed by atoms with Gasteiger partial charge in [-0.3, -0.25) is 4.57 Å². The molecule has 6 aromatic rings. The van der Waals surface area contributed by atoms with Crippen LogP contribution in [0.3, 0.4) is 0 Å². The van der Waals surface area contributed by atoms with Crippen molar-refractivity contribution < 1.29 is 9.53 Å². The van der Waals surface area contributed by atoms with E-state index >= 15 is 0 Å². The maximum absolute atomic E-state index is 12.0. The first-order valence-corrected chi connectivity index (χ1v) is 14.3. The number of carbonyl (C=O) groups excluding carboxylic acids is 1. The zero-order chi connectivity index (χ0) is 28.4. The van der Waals surface area contributed by atoms with Crippen LogP contribution in [-0.4, -0.2) is 42.3 Å². The average Bonchev–Trinajstić information content (AvgIpc) is 3.72. The van der Waals surface area contributed by atoms with Crippen molar-refractivity contribution in [2.75, 3.05) is 6.54 Å². The van der Waals surface area contributed by atoms with Gasteiger partial charge in [-0.25, -0.2) is 19.7 Å². The van der Waals surface area contributed by atoms with Crippen molar-refractivity contribution >= 4 is 28.5 Å². The van der Waals surface area contributed by atoms with Crippen LogP contribution in [0.5, 0.6) is 0 Å². The smallest absolute Gasteiger partial charge is 0.407 e. The van der Waals surface area contributed by atoms with E-state index in [9.17, 15) is 4.79 Å². The van der Waals surface area contributed by atoms with Gasteiger partial charge in [0, 0.05) is 59.0 Å². The predicted molar refractivity (Wildman–Crippen MR) is 163 cm³/mol. The van der Waals surface area contributed by atoms with Gasteiger partial charge in [-0.1, -0.05) is 12.1 Å². The van der Waals surface area contributed by atoms with Crippen LogP contribution in [0, 0.1) is 0 Å². The number of nitrogens with one attached hydrogen (secondary N) is 1. The van der Waals surface area contributed by atoms with Crippen LogP contribution in [0.25, 0.3) is 44.5 Å². The molecular formula is C32H30N6O2S. The number of nitrogens with zero attached hydrogens (tertiary/aromatic N) is 5. The van der Waals surface area contributed by atoms with Gasteiger partial charge >= 0.3 is 6.09 Å². The number of fused-ring (bicyclic) bond motifs is 1. The van der Waals surface area contributed by atoms with Gasteiger partial charge in [-0.2, -0.15) is 0 Å². The molecule has 4 heterocycles. The zero-order valence-electron chi connectivity index (χ0n) is 23.1. The number of carbonyl (C=O) groups is 1. The molecule has 0 unspecified atom stereocenters. The van der Waals surface area contributed by atoms with Gasteiger partial charge in [0.15, 0.2) is 0 Å². The molecule has 41 heavy (non-hydrogen) atoms. The molecule has 0 aliphatic carbocycles. The maximum Gasteiger partial charge on any atom is 0.407 e. The molecule has 0 spiro atoms. The fraction of sp³-hybridized carbons (Fsp3) is 0.188. The topological polar surface area (TPSA) is 86.9 Å². The number of imidazole rings is 1. The highest BCUT2D eigenvalue weighted by Gasteiger charge is 2.17. The third kappa shape index (κ3) is 5.90. The minimum atomic E-state index is -0.514. The second-order valence-corrected chi connectivity index (χ2v) is 11.5. The van der Waals surface area contributed by atoms with Crippen LogP contribution < -0.4 is 5.32 Å². The maximum atomic E-state index is 12.0. The first-order valence-electron chi connectivity index (χ1n) is 13.4. The SMILES string of the molecule is CC(C)(C)OC(=O)NCCc1ccc(-n2cc(-c3nccs3)nc2-c2ccc(-n3ccc4cccnc43)cc2)cc1. The van der Waals surface area contributed by atoms with Crippen molar-refractivity contribution in [2.45, 2.75) is 32.8 Å². The first-order chi connectivity index (χ1) is 19.8. The fourth-order valence-corrected chi connectivity index (χ4v) is 5.22. The van der Waals surface area contributed by atoms with E-state index in [-0.39, 0.29) is 0 Å². The van der Waals surface area contributed by atoms with Gasteiger partial charge < -0.3 is 14.6 Å². The van der Waals surface area contributed by atoms with E-state index in [4.69, 9.17) is 9.72 Å². The first kappa shape index (κ1) is 26.5. The second-order valence-electron chi connectivity index (χ2n) is 10.7. The van der Waals surface area contributed by atoms with Gasteiger partial charge in [0.05, 0.1) is 0 Å². The molecule has 9 heteroatoms. The van der Waals surface area contributed by atoms with E-state index < -0.39 is 11.7 Å². The number of amides is 1. The molecule has 4 aromatic heterocycles. The van der Waals surface area contributed by atoms with Crippen molar-refractivity contribution in [1.82, 2.24) is 29.4 Å². The number of pyridine rings is 1. The highest BCUT2D eigenvalue weighted by molar-refractivity contribution is 7.13. The predicted octanol–water partition coefficient (Wildman–Crippen LogP) is 7.07. The summed E-state index contributed by atoms with van der Waals surface area (Å²) >= 11 is 1.57. The van der Waals surface area contributed by atoms with Gasteiger partial charge in [-0.15, -0.1) is 11.3 Å². The van der Waals surface area contributed by atoms with Crippen LogP contribution >= 0.6 is 11.3 Å². The van der Waals surface area contributed by atoms with Crippen LogP contribution in [0.15, 0.2) is 96.9 Å². The Bertz CT molecular complexity index is 1780. The highest BCUT2D eigenvalue weighted by atomic mass is 32.1. The van der Waals surface area contributed by atoms with Crippen LogP contribution in [0.2, 0.25) is 0 Å². The van der Waals surface area contributed by atoms with E-state index in [0.717, 1.165) is 50.1 Å². The number of thiazole rings is 1. The van der Waals surface area contributed by atoms with Gasteiger partial charge in [0.2, 0.25) is 0 Å². The summed E-state index contributed by atoms with van der Waals surface area (Å²) in [7, 11) is 0. The molecule has 0 aliphatic heterocycles. The van der Waals surface area contributed by atoms with Crippen molar-refractivity contribution in [3.63, 3.8) is 0 Å². The van der Waals surface area contributed by atoms with Crippen molar-refractivity contribution in [3.05, 3.63) is 102 Å². The number of ether oxygens (including phenoxy) is 1. The van der Waals surface area contributed by atoms with E-state index in [2.05, 4.69) is 85.1 Å². The molecule has 0 atom stereocenters. The summed E-state index contributed by atoms with van der Waals surface area (Å²) in [5.74, 6) is 0.830. The average molecular weight is 563 g/mol. The molecule has 6 rings (SSSR count). The number of aromatic nitrogens is 5. The summed E-state index contributed by atoms with van der Waals surface area (Å²) in [5, 5.41) is 6.75. The molecular weight excluding hydrogens is 532 g/mol. The second kappa shape index (κ2) is 11.0. The number of hydrogen-bond acceptors (Lipinski definition) is 6. The summed E-state index contributed by atoms with van der Waals surface area (Å²) in [6, 6.07) is 22.7. The molecule has 0 saturated carbocycles. The molecule has 2 aromatic carbocycles. The normalized spacial score (nSPS) is 11.6. The van der Waals surface area contributed by atoms with Crippen molar-refractivity contribution in [3.8, 4) is 33.5 Å². The molecule has 0 radical (unpaired) electrons. The Morgan fingerprint density at radius 1 is 0.927 bits per heavy atom.